The molecule has 2 aromatic rings. The third-order valence-corrected chi connectivity index (χ3v) is 5.34. The van der Waals surface area contributed by atoms with E-state index in [-0.39, 0.29) is 24.2 Å². The Morgan fingerprint density at radius 1 is 1.12 bits per heavy atom. The monoisotopic (exact) mass is 460 g/mol. The van der Waals surface area contributed by atoms with E-state index in [2.05, 4.69) is 0 Å². The van der Waals surface area contributed by atoms with Crippen molar-refractivity contribution in [3.05, 3.63) is 65.2 Å². The fraction of sp³-hybridized carbons (Fsp3) is 0.348. The Kier molecular flexibility index (Phi) is 7.81. The zero-order valence-corrected chi connectivity index (χ0v) is 18.0. The standard InChI is InChI=1S/C23H23BF2O7/c1-2-23(25,26)19(27)13-17-12-16-9-6-10-18(21(16)33-24(17)30)22(29)32-14-31-20(28)11-15-7-4-3-5-8-15/h3-10,17,30H,2,11-14H2,1H3/t17-/m1/s1. The van der Waals surface area contributed by atoms with E-state index < -0.39 is 56.2 Å². The minimum absolute atomic E-state index is 0.0191. The molecule has 1 aliphatic heterocycles. The summed E-state index contributed by atoms with van der Waals surface area (Å²) in [6.07, 6.45) is -1.10. The van der Waals surface area contributed by atoms with Crippen molar-refractivity contribution in [1.82, 2.24) is 0 Å². The van der Waals surface area contributed by atoms with Gasteiger partial charge in [0.25, 0.3) is 0 Å². The molecule has 10 heteroatoms. The van der Waals surface area contributed by atoms with Gasteiger partial charge in [-0.25, -0.2) is 4.79 Å². The molecule has 0 bridgehead atoms. The number of hydrogen-bond acceptors (Lipinski definition) is 7. The van der Waals surface area contributed by atoms with Gasteiger partial charge in [-0.15, -0.1) is 0 Å². The van der Waals surface area contributed by atoms with Crippen LogP contribution in [0, 0.1) is 0 Å². The fourth-order valence-electron chi connectivity index (χ4n) is 3.44. The molecule has 0 unspecified atom stereocenters. The summed E-state index contributed by atoms with van der Waals surface area (Å²) >= 11 is 0. The van der Waals surface area contributed by atoms with Gasteiger partial charge in [0.05, 0.1) is 6.42 Å². The molecule has 1 aliphatic rings. The summed E-state index contributed by atoms with van der Waals surface area (Å²) in [7, 11) is -1.55. The van der Waals surface area contributed by atoms with Crippen molar-refractivity contribution in [2.24, 2.45) is 0 Å². The Hall–Kier alpha value is -3.27. The lowest BCUT2D eigenvalue weighted by atomic mass is 9.64. The first-order chi connectivity index (χ1) is 15.7. The molecular weight excluding hydrogens is 437 g/mol. The van der Waals surface area contributed by atoms with Crippen molar-refractivity contribution in [3.63, 3.8) is 0 Å². The minimum atomic E-state index is -3.47. The second-order valence-corrected chi connectivity index (χ2v) is 7.68. The smallest absolute Gasteiger partial charge is 0.526 e. The summed E-state index contributed by atoms with van der Waals surface area (Å²) in [4.78, 5) is 36.2. The summed E-state index contributed by atoms with van der Waals surface area (Å²) in [5.41, 5.74) is 1.20. The van der Waals surface area contributed by atoms with Gasteiger partial charge in [0.1, 0.15) is 11.3 Å². The first kappa shape index (κ1) is 24.4. The van der Waals surface area contributed by atoms with E-state index in [1.54, 1.807) is 30.3 Å². The largest absolute Gasteiger partial charge is 0.535 e. The lowest BCUT2D eigenvalue weighted by molar-refractivity contribution is -0.151. The van der Waals surface area contributed by atoms with Crippen LogP contribution in [0.5, 0.6) is 5.75 Å². The topological polar surface area (TPSA) is 99.1 Å². The highest BCUT2D eigenvalue weighted by Crippen LogP contribution is 2.38. The summed E-state index contributed by atoms with van der Waals surface area (Å²) in [5, 5.41) is 10.3. The van der Waals surface area contributed by atoms with Gasteiger partial charge < -0.3 is 19.2 Å². The SMILES string of the molecule is CCC(F)(F)C(=O)C[C@H]1Cc2cccc(C(=O)OCOC(=O)Cc3ccccc3)c2OB1O. The van der Waals surface area contributed by atoms with E-state index in [1.807, 2.05) is 6.07 Å². The van der Waals surface area contributed by atoms with E-state index in [9.17, 15) is 28.2 Å². The number of carbonyl (C=O) groups excluding carboxylic acids is 3. The molecule has 0 saturated carbocycles. The number of Topliss-reactive ketones (excluding diaryl/α,β-unsaturated/α-hetero) is 1. The van der Waals surface area contributed by atoms with Gasteiger partial charge in [-0.2, -0.15) is 8.78 Å². The quantitative estimate of drug-likeness (QED) is 0.348. The molecule has 1 atom stereocenters. The Morgan fingerprint density at radius 3 is 2.55 bits per heavy atom. The molecule has 0 saturated heterocycles. The third kappa shape index (κ3) is 6.16. The molecule has 0 spiro atoms. The van der Waals surface area contributed by atoms with Crippen LogP contribution in [0.15, 0.2) is 48.5 Å². The number of benzene rings is 2. The van der Waals surface area contributed by atoms with Crippen molar-refractivity contribution in [1.29, 1.82) is 0 Å². The predicted octanol–water partition coefficient (Wildman–Crippen LogP) is 3.38. The molecule has 174 valence electrons. The lowest BCUT2D eigenvalue weighted by Crippen LogP contribution is -2.38. The Bertz CT molecular complexity index is 1010. The number of rotatable bonds is 9. The van der Waals surface area contributed by atoms with Gasteiger partial charge in [0.2, 0.25) is 12.6 Å². The summed E-state index contributed by atoms with van der Waals surface area (Å²) in [5.74, 6) is -7.01. The number of esters is 2. The molecule has 0 fully saturated rings. The van der Waals surface area contributed by atoms with Gasteiger partial charge in [-0.1, -0.05) is 49.4 Å². The molecule has 0 aromatic heterocycles. The zero-order chi connectivity index (χ0) is 24.0. The van der Waals surface area contributed by atoms with Gasteiger partial charge in [0, 0.05) is 18.7 Å². The van der Waals surface area contributed by atoms with Gasteiger partial charge in [0.15, 0.2) is 0 Å². The van der Waals surface area contributed by atoms with Crippen LogP contribution >= 0.6 is 0 Å². The van der Waals surface area contributed by atoms with Crippen LogP contribution in [-0.4, -0.2) is 42.6 Å². The van der Waals surface area contributed by atoms with Crippen LogP contribution in [0.2, 0.25) is 5.82 Å². The van der Waals surface area contributed by atoms with Crippen LogP contribution in [0.25, 0.3) is 0 Å². The number of carbonyl (C=O) groups is 3. The summed E-state index contributed by atoms with van der Waals surface area (Å²) < 4.78 is 42.6. The number of fused-ring (bicyclic) bond motifs is 1. The number of ketones is 1. The van der Waals surface area contributed by atoms with Crippen LogP contribution in [0.4, 0.5) is 8.78 Å². The van der Waals surface area contributed by atoms with E-state index in [1.165, 1.54) is 19.1 Å². The van der Waals surface area contributed by atoms with Crippen molar-refractivity contribution in [3.8, 4) is 5.75 Å². The highest BCUT2D eigenvalue weighted by atomic mass is 19.3. The minimum Gasteiger partial charge on any atom is -0.535 e. The number of alkyl halides is 2. The molecule has 2 aromatic carbocycles. The molecule has 7 nitrogen and oxygen atoms in total. The van der Waals surface area contributed by atoms with Crippen LogP contribution in [0.3, 0.4) is 0 Å². The fourth-order valence-corrected chi connectivity index (χ4v) is 3.44. The maximum Gasteiger partial charge on any atom is 0.526 e. The van der Waals surface area contributed by atoms with Crippen molar-refractivity contribution >= 4 is 24.8 Å². The Balaban J connectivity index is 1.59. The van der Waals surface area contributed by atoms with Gasteiger partial charge in [-0.05, 0) is 23.6 Å². The van der Waals surface area contributed by atoms with E-state index in [0.717, 1.165) is 5.56 Å². The lowest BCUT2D eigenvalue weighted by Gasteiger charge is -2.29. The molecule has 1 heterocycles. The highest BCUT2D eigenvalue weighted by molar-refractivity contribution is 6.47. The van der Waals surface area contributed by atoms with E-state index in [0.29, 0.717) is 5.56 Å². The highest BCUT2D eigenvalue weighted by Gasteiger charge is 2.43. The maximum atomic E-state index is 13.6. The van der Waals surface area contributed by atoms with Gasteiger partial charge >= 0.3 is 25.0 Å². The van der Waals surface area contributed by atoms with E-state index in [4.69, 9.17) is 14.1 Å². The van der Waals surface area contributed by atoms with Gasteiger partial charge in [-0.3, -0.25) is 9.59 Å². The molecule has 3 rings (SSSR count). The summed E-state index contributed by atoms with van der Waals surface area (Å²) in [6, 6.07) is 13.4. The summed E-state index contributed by atoms with van der Waals surface area (Å²) in [6.45, 7) is 0.595. The first-order valence-electron chi connectivity index (χ1n) is 10.5. The first-order valence-corrected chi connectivity index (χ1v) is 10.5. The molecule has 0 radical (unpaired) electrons. The second kappa shape index (κ2) is 10.6. The predicted molar refractivity (Wildman–Crippen MR) is 114 cm³/mol. The average Bonchev–Trinajstić information content (AvgIpc) is 2.79. The number of ether oxygens (including phenoxy) is 2. The molecule has 0 aliphatic carbocycles. The maximum absolute atomic E-state index is 13.6. The van der Waals surface area contributed by atoms with Crippen molar-refractivity contribution in [2.75, 3.05) is 6.79 Å². The van der Waals surface area contributed by atoms with Crippen molar-refractivity contribution in [2.45, 2.75) is 44.3 Å². The third-order valence-electron chi connectivity index (χ3n) is 5.34. The number of halogens is 2. The molecule has 33 heavy (non-hydrogen) atoms. The zero-order valence-electron chi connectivity index (χ0n) is 18.0. The number of para-hydroxylation sites is 1. The Labute approximate surface area is 189 Å². The van der Waals surface area contributed by atoms with Crippen LogP contribution in [0.1, 0.15) is 41.3 Å². The van der Waals surface area contributed by atoms with E-state index >= 15 is 0 Å². The average molecular weight is 460 g/mol. The van der Waals surface area contributed by atoms with Crippen LogP contribution < -0.4 is 4.65 Å². The molecule has 0 amide bonds. The molecule has 1 N–H and O–H groups in total. The normalized spacial score (nSPS) is 15.3. The van der Waals surface area contributed by atoms with Crippen LogP contribution in [-0.2, 0) is 31.9 Å². The van der Waals surface area contributed by atoms with Crippen molar-refractivity contribution < 1.29 is 42.3 Å². The Morgan fingerprint density at radius 2 is 1.85 bits per heavy atom. The number of hydrogen-bond donors (Lipinski definition) is 1. The second-order valence-electron chi connectivity index (χ2n) is 7.68. The molecular formula is C23H23BF2O7.